The van der Waals surface area contributed by atoms with E-state index >= 15 is 0 Å². The van der Waals surface area contributed by atoms with Crippen molar-refractivity contribution < 1.29 is 0 Å². The molecule has 3 aromatic rings. The summed E-state index contributed by atoms with van der Waals surface area (Å²) in [6, 6.07) is 16.7. The largest absolute Gasteiger partial charge is 0.371 e. The third-order valence-corrected chi connectivity index (χ3v) is 6.36. The Bertz CT molecular complexity index is 1020. The Hall–Kier alpha value is -2.02. The highest BCUT2D eigenvalue weighted by molar-refractivity contribution is 7.98. The highest BCUT2D eigenvalue weighted by atomic mass is 35.5. The first kappa shape index (κ1) is 20.3. The Labute approximate surface area is 186 Å². The van der Waals surface area contributed by atoms with E-state index in [-0.39, 0.29) is 0 Å². The number of fused-ring (bicyclic) bond motifs is 1. The van der Waals surface area contributed by atoms with Crippen LogP contribution in [0.1, 0.15) is 12.8 Å². The van der Waals surface area contributed by atoms with E-state index in [1.54, 1.807) is 11.8 Å². The summed E-state index contributed by atoms with van der Waals surface area (Å²) in [4.78, 5) is 8.10. The molecule has 0 atom stereocenters. The van der Waals surface area contributed by atoms with E-state index in [1.165, 1.54) is 10.6 Å². The molecule has 0 amide bonds. The molecule has 0 unspecified atom stereocenters. The Morgan fingerprint density at radius 2 is 2.00 bits per heavy atom. The molecule has 2 aromatic carbocycles. The van der Waals surface area contributed by atoms with Gasteiger partial charge in [0.25, 0.3) is 0 Å². The number of hydrogen-bond donors (Lipinski definition) is 2. The summed E-state index contributed by atoms with van der Waals surface area (Å²) in [5, 5.41) is 9.34. The fourth-order valence-corrected chi connectivity index (χ4v) is 4.61. The maximum atomic E-state index is 6.12. The minimum Gasteiger partial charge on any atom is -0.371 e. The van der Waals surface area contributed by atoms with Gasteiger partial charge < -0.3 is 15.5 Å². The molecular weight excluding hydrogens is 420 g/mol. The van der Waals surface area contributed by atoms with Crippen LogP contribution in [0.4, 0.5) is 11.4 Å². The Balaban J connectivity index is 1.35. The van der Waals surface area contributed by atoms with Crippen molar-refractivity contribution in [2.24, 2.45) is 0 Å². The van der Waals surface area contributed by atoms with E-state index in [9.17, 15) is 0 Å². The van der Waals surface area contributed by atoms with Crippen molar-refractivity contribution in [3.63, 3.8) is 0 Å². The lowest BCUT2D eigenvalue weighted by Crippen LogP contribution is -2.46. The zero-order valence-electron chi connectivity index (χ0n) is 16.2. The number of nitrogens with zero attached hydrogens (tertiary/aromatic N) is 2. The van der Waals surface area contributed by atoms with Crippen molar-refractivity contribution in [1.29, 1.82) is 0 Å². The van der Waals surface area contributed by atoms with Crippen molar-refractivity contribution >= 4 is 63.0 Å². The SMILES string of the molecule is CSc1cccc(NC(=S)NC2CCN(c3ccnc4cc(Cl)ccc34)CC2)c1. The van der Waals surface area contributed by atoms with Crippen LogP contribution in [-0.2, 0) is 0 Å². The summed E-state index contributed by atoms with van der Waals surface area (Å²) in [5.74, 6) is 0. The molecule has 29 heavy (non-hydrogen) atoms. The van der Waals surface area contributed by atoms with Gasteiger partial charge in [0.05, 0.1) is 5.52 Å². The number of benzene rings is 2. The van der Waals surface area contributed by atoms with Crippen molar-refractivity contribution in [3.8, 4) is 0 Å². The first-order valence-corrected chi connectivity index (χ1v) is 11.6. The topological polar surface area (TPSA) is 40.2 Å². The van der Waals surface area contributed by atoms with Crippen LogP contribution in [-0.4, -0.2) is 35.5 Å². The van der Waals surface area contributed by atoms with Gasteiger partial charge in [-0.3, -0.25) is 4.98 Å². The van der Waals surface area contributed by atoms with E-state index in [0.717, 1.165) is 42.5 Å². The number of aromatic nitrogens is 1. The summed E-state index contributed by atoms with van der Waals surface area (Å²) in [6.07, 6.45) is 6.00. The number of nitrogens with one attached hydrogen (secondary N) is 2. The molecule has 150 valence electrons. The Kier molecular flexibility index (Phi) is 6.43. The predicted octanol–water partition coefficient (Wildman–Crippen LogP) is 5.57. The van der Waals surface area contributed by atoms with Crippen LogP contribution in [0.25, 0.3) is 10.9 Å². The number of halogens is 1. The first-order valence-electron chi connectivity index (χ1n) is 9.63. The summed E-state index contributed by atoms with van der Waals surface area (Å²) in [7, 11) is 0. The number of thiocarbonyl (C=S) groups is 1. The maximum Gasteiger partial charge on any atom is 0.170 e. The second kappa shape index (κ2) is 9.20. The molecule has 7 heteroatoms. The van der Waals surface area contributed by atoms with Gasteiger partial charge in [0.2, 0.25) is 0 Å². The van der Waals surface area contributed by atoms with Gasteiger partial charge in [-0.1, -0.05) is 17.7 Å². The molecule has 1 fully saturated rings. The van der Waals surface area contributed by atoms with Crippen LogP contribution in [0, 0.1) is 0 Å². The van der Waals surface area contributed by atoms with Crippen molar-refractivity contribution in [2.75, 3.05) is 29.6 Å². The minimum atomic E-state index is 0.373. The third kappa shape index (κ3) is 4.94. The molecule has 1 aliphatic rings. The van der Waals surface area contributed by atoms with Crippen molar-refractivity contribution in [1.82, 2.24) is 10.3 Å². The Morgan fingerprint density at radius 1 is 1.17 bits per heavy atom. The quantitative estimate of drug-likeness (QED) is 0.407. The number of rotatable bonds is 4. The van der Waals surface area contributed by atoms with E-state index in [2.05, 4.69) is 51.0 Å². The summed E-state index contributed by atoms with van der Waals surface area (Å²) < 4.78 is 0. The number of anilines is 2. The molecule has 0 aliphatic carbocycles. The molecule has 1 aliphatic heterocycles. The van der Waals surface area contributed by atoms with Gasteiger partial charge in [-0.15, -0.1) is 11.8 Å². The third-order valence-electron chi connectivity index (χ3n) is 5.18. The summed E-state index contributed by atoms with van der Waals surface area (Å²) in [5.41, 5.74) is 3.18. The number of piperidine rings is 1. The molecule has 0 radical (unpaired) electrons. The highest BCUT2D eigenvalue weighted by Gasteiger charge is 2.21. The van der Waals surface area contributed by atoms with E-state index in [4.69, 9.17) is 23.8 Å². The number of hydrogen-bond acceptors (Lipinski definition) is 4. The molecule has 4 rings (SSSR count). The average Bonchev–Trinajstić information content (AvgIpc) is 2.73. The van der Waals surface area contributed by atoms with Crippen LogP contribution in [0.2, 0.25) is 5.02 Å². The standard InChI is InChI=1S/C22H23ClN4S2/c1-29-18-4-2-3-17(14-18)26-22(28)25-16-8-11-27(12-9-16)21-7-10-24-20-13-15(23)5-6-19(20)21/h2-7,10,13-14,16H,8-9,11-12H2,1H3,(H2,25,26,28). The average molecular weight is 443 g/mol. The van der Waals surface area contributed by atoms with Crippen LogP contribution < -0.4 is 15.5 Å². The minimum absolute atomic E-state index is 0.373. The summed E-state index contributed by atoms with van der Waals surface area (Å²) >= 11 is 13.4. The molecule has 2 heterocycles. The summed E-state index contributed by atoms with van der Waals surface area (Å²) in [6.45, 7) is 1.95. The molecule has 0 saturated carbocycles. The Morgan fingerprint density at radius 3 is 2.79 bits per heavy atom. The fourth-order valence-electron chi connectivity index (χ4n) is 3.70. The van der Waals surface area contributed by atoms with Crippen molar-refractivity contribution in [2.45, 2.75) is 23.8 Å². The molecule has 1 saturated heterocycles. The predicted molar refractivity (Wildman–Crippen MR) is 130 cm³/mol. The van der Waals surface area contributed by atoms with Crippen LogP contribution >= 0.6 is 35.6 Å². The molecular formula is C22H23ClN4S2. The molecule has 0 spiro atoms. The lowest BCUT2D eigenvalue weighted by Gasteiger charge is -2.35. The zero-order valence-corrected chi connectivity index (χ0v) is 18.6. The first-order chi connectivity index (χ1) is 14.1. The van der Waals surface area contributed by atoms with Gasteiger partial charge in [-0.2, -0.15) is 0 Å². The monoisotopic (exact) mass is 442 g/mol. The van der Waals surface area contributed by atoms with Gasteiger partial charge in [0.1, 0.15) is 0 Å². The molecule has 0 bridgehead atoms. The normalized spacial score (nSPS) is 14.8. The molecule has 1 aromatic heterocycles. The van der Waals surface area contributed by atoms with E-state index in [1.807, 2.05) is 30.5 Å². The second-order valence-electron chi connectivity index (χ2n) is 7.08. The maximum absolute atomic E-state index is 6.12. The lowest BCUT2D eigenvalue weighted by molar-refractivity contribution is 0.468. The van der Waals surface area contributed by atoms with E-state index < -0.39 is 0 Å². The zero-order chi connectivity index (χ0) is 20.2. The number of pyridine rings is 1. The van der Waals surface area contributed by atoms with Gasteiger partial charge in [-0.05, 0) is 73.8 Å². The van der Waals surface area contributed by atoms with E-state index in [0.29, 0.717) is 16.2 Å². The van der Waals surface area contributed by atoms with Crippen LogP contribution in [0.15, 0.2) is 59.6 Å². The second-order valence-corrected chi connectivity index (χ2v) is 8.81. The highest BCUT2D eigenvalue weighted by Crippen LogP contribution is 2.29. The smallest absolute Gasteiger partial charge is 0.170 e. The lowest BCUT2D eigenvalue weighted by atomic mass is 10.0. The van der Waals surface area contributed by atoms with Gasteiger partial charge in [0, 0.05) is 52.0 Å². The molecule has 2 N–H and O–H groups in total. The van der Waals surface area contributed by atoms with Crippen molar-refractivity contribution in [3.05, 3.63) is 59.8 Å². The fraction of sp³-hybridized carbons (Fsp3) is 0.273. The molecule has 4 nitrogen and oxygen atoms in total. The van der Waals surface area contributed by atoms with Gasteiger partial charge in [0.15, 0.2) is 5.11 Å². The van der Waals surface area contributed by atoms with Gasteiger partial charge in [-0.25, -0.2) is 0 Å². The van der Waals surface area contributed by atoms with Gasteiger partial charge >= 0.3 is 0 Å². The number of thioether (sulfide) groups is 1. The van der Waals surface area contributed by atoms with Crippen LogP contribution in [0.5, 0.6) is 0 Å². The van der Waals surface area contributed by atoms with Crippen LogP contribution in [0.3, 0.4) is 0 Å².